The van der Waals surface area contributed by atoms with Gasteiger partial charge in [-0.2, -0.15) is 0 Å². The molecule has 2 atom stereocenters. The number of imide groups is 2. The van der Waals surface area contributed by atoms with Gasteiger partial charge in [-0.15, -0.1) is 0 Å². The second kappa shape index (κ2) is 8.44. The number of anilines is 1. The van der Waals surface area contributed by atoms with Crippen molar-refractivity contribution in [1.82, 2.24) is 19.6 Å². The molecule has 9 nitrogen and oxygen atoms in total. The van der Waals surface area contributed by atoms with Crippen LogP contribution in [0.25, 0.3) is 5.65 Å². The molecule has 0 saturated carbocycles. The SMILES string of the molecule is O=C1NC(=O)C2(Cc3c(nc4ccccn4c3=O)N3CCCCCC32)C(=O)N1Cc1ccccc1Cl. The minimum Gasteiger partial charge on any atom is -0.352 e. The van der Waals surface area contributed by atoms with Gasteiger partial charge in [0.25, 0.3) is 5.56 Å². The van der Waals surface area contributed by atoms with E-state index in [0.717, 1.165) is 24.2 Å². The summed E-state index contributed by atoms with van der Waals surface area (Å²) >= 11 is 6.32. The van der Waals surface area contributed by atoms with E-state index in [1.807, 2.05) is 11.0 Å². The summed E-state index contributed by atoms with van der Waals surface area (Å²) in [6.07, 6.45) is 4.68. The van der Waals surface area contributed by atoms with Gasteiger partial charge in [0.1, 0.15) is 11.5 Å². The highest BCUT2D eigenvalue weighted by Crippen LogP contribution is 2.46. The van der Waals surface area contributed by atoms with Crippen LogP contribution in [-0.4, -0.2) is 44.7 Å². The van der Waals surface area contributed by atoms with E-state index in [4.69, 9.17) is 16.6 Å². The Hall–Kier alpha value is -3.72. The summed E-state index contributed by atoms with van der Waals surface area (Å²) in [5.41, 5.74) is -0.528. The van der Waals surface area contributed by atoms with Gasteiger partial charge in [-0.25, -0.2) is 9.78 Å². The van der Waals surface area contributed by atoms with Crippen LogP contribution >= 0.6 is 11.6 Å². The Bertz CT molecular complexity index is 1490. The Labute approximate surface area is 211 Å². The number of halogens is 1. The van der Waals surface area contributed by atoms with Crippen LogP contribution in [0.5, 0.6) is 0 Å². The Kier molecular flexibility index (Phi) is 5.33. The number of barbiturate groups is 1. The molecular weight excluding hydrogens is 482 g/mol. The zero-order valence-corrected chi connectivity index (χ0v) is 20.2. The minimum absolute atomic E-state index is 0.0755. The lowest BCUT2D eigenvalue weighted by atomic mass is 9.68. The third kappa shape index (κ3) is 3.26. The van der Waals surface area contributed by atoms with E-state index in [1.54, 1.807) is 42.6 Å². The molecule has 2 unspecified atom stereocenters. The number of nitrogens with one attached hydrogen (secondary N) is 1. The molecule has 3 aromatic rings. The predicted molar refractivity (Wildman–Crippen MR) is 133 cm³/mol. The number of fused-ring (bicyclic) bond motifs is 5. The van der Waals surface area contributed by atoms with E-state index in [0.29, 0.717) is 40.6 Å². The number of nitrogens with zero attached hydrogens (tertiary/aromatic N) is 4. The number of amides is 4. The molecule has 1 N–H and O–H groups in total. The topological polar surface area (TPSA) is 104 Å². The van der Waals surface area contributed by atoms with E-state index in [2.05, 4.69) is 5.32 Å². The van der Waals surface area contributed by atoms with E-state index in [1.165, 1.54) is 4.40 Å². The Balaban J connectivity index is 1.53. The molecule has 36 heavy (non-hydrogen) atoms. The van der Waals surface area contributed by atoms with Crippen LogP contribution < -0.4 is 15.8 Å². The molecule has 0 aliphatic carbocycles. The predicted octanol–water partition coefficient (Wildman–Crippen LogP) is 2.92. The molecule has 3 aliphatic heterocycles. The van der Waals surface area contributed by atoms with Crippen LogP contribution in [0.4, 0.5) is 10.6 Å². The van der Waals surface area contributed by atoms with Crippen LogP contribution in [-0.2, 0) is 22.6 Å². The summed E-state index contributed by atoms with van der Waals surface area (Å²) in [6.45, 7) is 0.488. The van der Waals surface area contributed by atoms with Crippen molar-refractivity contribution in [3.8, 4) is 0 Å². The van der Waals surface area contributed by atoms with Crippen molar-refractivity contribution in [2.45, 2.75) is 44.7 Å². The number of hydrogen-bond donors (Lipinski definition) is 1. The van der Waals surface area contributed by atoms with Crippen molar-refractivity contribution < 1.29 is 14.4 Å². The molecule has 1 spiro atoms. The third-order valence-corrected chi connectivity index (χ3v) is 8.01. The minimum atomic E-state index is -1.63. The zero-order valence-electron chi connectivity index (χ0n) is 19.4. The maximum atomic E-state index is 14.2. The second-order valence-corrected chi connectivity index (χ2v) is 10.0. The van der Waals surface area contributed by atoms with Crippen molar-refractivity contribution in [2.75, 3.05) is 11.4 Å². The first-order valence-electron chi connectivity index (χ1n) is 12.1. The normalized spacial score (nSPS) is 23.9. The van der Waals surface area contributed by atoms with Gasteiger partial charge in [0.15, 0.2) is 5.41 Å². The highest BCUT2D eigenvalue weighted by atomic mass is 35.5. The fourth-order valence-electron chi connectivity index (χ4n) is 5.87. The lowest BCUT2D eigenvalue weighted by molar-refractivity contribution is -0.154. The Morgan fingerprint density at radius 3 is 2.67 bits per heavy atom. The first-order valence-corrected chi connectivity index (χ1v) is 12.5. The molecule has 6 rings (SSSR count). The van der Waals surface area contributed by atoms with Crippen LogP contribution in [0.1, 0.15) is 36.8 Å². The summed E-state index contributed by atoms with van der Waals surface area (Å²) in [5.74, 6) is -0.733. The molecule has 3 aliphatic rings. The van der Waals surface area contributed by atoms with Crippen LogP contribution in [0.15, 0.2) is 53.5 Å². The van der Waals surface area contributed by atoms with Gasteiger partial charge in [0.2, 0.25) is 11.8 Å². The van der Waals surface area contributed by atoms with E-state index < -0.39 is 29.3 Å². The molecule has 184 valence electrons. The molecule has 4 amide bonds. The van der Waals surface area contributed by atoms with E-state index >= 15 is 0 Å². The number of carbonyl (C=O) groups is 3. The number of carbonyl (C=O) groups excluding carboxylic acids is 3. The van der Waals surface area contributed by atoms with Gasteiger partial charge in [0.05, 0.1) is 18.2 Å². The summed E-state index contributed by atoms with van der Waals surface area (Å²) in [7, 11) is 0. The van der Waals surface area contributed by atoms with Crippen molar-refractivity contribution in [1.29, 1.82) is 0 Å². The number of aromatic nitrogens is 2. The first kappa shape index (κ1) is 22.7. The zero-order chi connectivity index (χ0) is 25.0. The largest absolute Gasteiger partial charge is 0.352 e. The number of hydrogen-bond acceptors (Lipinski definition) is 6. The van der Waals surface area contributed by atoms with Crippen molar-refractivity contribution in [3.63, 3.8) is 0 Å². The maximum Gasteiger partial charge on any atom is 0.331 e. The van der Waals surface area contributed by atoms with Gasteiger partial charge in [-0.1, -0.05) is 48.7 Å². The molecule has 0 bridgehead atoms. The van der Waals surface area contributed by atoms with E-state index in [-0.39, 0.29) is 18.5 Å². The fraction of sp³-hybridized carbons (Fsp3) is 0.346. The number of pyridine rings is 1. The molecule has 5 heterocycles. The maximum absolute atomic E-state index is 14.2. The molecular formula is C26H24ClN5O4. The highest BCUT2D eigenvalue weighted by Gasteiger charge is 2.62. The van der Waals surface area contributed by atoms with Crippen LogP contribution in [0.3, 0.4) is 0 Å². The van der Waals surface area contributed by atoms with Gasteiger partial charge in [-0.05, 0) is 36.6 Å². The molecule has 2 saturated heterocycles. The van der Waals surface area contributed by atoms with Gasteiger partial charge in [0, 0.05) is 24.2 Å². The van der Waals surface area contributed by atoms with Gasteiger partial charge >= 0.3 is 6.03 Å². The summed E-state index contributed by atoms with van der Waals surface area (Å²) in [6, 6.07) is 11.0. The molecule has 0 radical (unpaired) electrons. The summed E-state index contributed by atoms with van der Waals surface area (Å²) in [4.78, 5) is 62.2. The number of benzene rings is 1. The highest BCUT2D eigenvalue weighted by molar-refractivity contribution is 6.31. The van der Waals surface area contributed by atoms with Gasteiger partial charge < -0.3 is 4.90 Å². The lowest BCUT2D eigenvalue weighted by Crippen LogP contribution is -2.72. The molecule has 2 aromatic heterocycles. The number of urea groups is 1. The van der Waals surface area contributed by atoms with Crippen molar-refractivity contribution in [3.05, 3.63) is 75.2 Å². The fourth-order valence-corrected chi connectivity index (χ4v) is 6.07. The first-order chi connectivity index (χ1) is 17.4. The average Bonchev–Trinajstić information content (AvgIpc) is 3.14. The molecule has 10 heteroatoms. The smallest absolute Gasteiger partial charge is 0.331 e. The van der Waals surface area contributed by atoms with E-state index in [9.17, 15) is 19.2 Å². The second-order valence-electron chi connectivity index (χ2n) is 9.60. The van der Waals surface area contributed by atoms with Crippen molar-refractivity contribution >= 4 is 40.9 Å². The van der Waals surface area contributed by atoms with Crippen molar-refractivity contribution in [2.24, 2.45) is 5.41 Å². The average molecular weight is 506 g/mol. The lowest BCUT2D eigenvalue weighted by Gasteiger charge is -2.50. The Morgan fingerprint density at radius 1 is 1.03 bits per heavy atom. The van der Waals surface area contributed by atoms with Crippen LogP contribution in [0.2, 0.25) is 5.02 Å². The van der Waals surface area contributed by atoms with Gasteiger partial charge in [-0.3, -0.25) is 29.0 Å². The standard InChI is InChI=1S/C26H24ClN5O4/c27-18-9-4-3-8-16(18)15-32-24(35)26(23(34)29-25(32)36)14-17-21(30-12-6-1-2-10-19(26)30)28-20-11-5-7-13-31(20)22(17)33/h3-5,7-9,11,13,19H,1-2,6,10,12,14-15H2,(H,29,34,36). The summed E-state index contributed by atoms with van der Waals surface area (Å²) in [5, 5.41) is 2.85. The van der Waals surface area contributed by atoms with Crippen LogP contribution in [0, 0.1) is 5.41 Å². The Morgan fingerprint density at radius 2 is 1.83 bits per heavy atom. The quantitative estimate of drug-likeness (QED) is 0.537. The molecule has 1 aromatic carbocycles. The number of rotatable bonds is 2. The third-order valence-electron chi connectivity index (χ3n) is 7.64. The monoisotopic (exact) mass is 505 g/mol. The summed E-state index contributed by atoms with van der Waals surface area (Å²) < 4.78 is 1.43. The molecule has 2 fully saturated rings.